The van der Waals surface area contributed by atoms with E-state index in [1.54, 1.807) is 0 Å². The van der Waals surface area contributed by atoms with Crippen LogP contribution >= 0.6 is 0 Å². The van der Waals surface area contributed by atoms with E-state index in [9.17, 15) is 0 Å². The minimum Gasteiger partial charge on any atom is -0.310 e. The van der Waals surface area contributed by atoms with Crippen molar-refractivity contribution in [3.63, 3.8) is 0 Å². The van der Waals surface area contributed by atoms with Gasteiger partial charge in [0.15, 0.2) is 0 Å². The van der Waals surface area contributed by atoms with Gasteiger partial charge in [-0.25, -0.2) is 4.98 Å². The van der Waals surface area contributed by atoms with Gasteiger partial charge in [0, 0.05) is 68.4 Å². The molecule has 0 saturated carbocycles. The summed E-state index contributed by atoms with van der Waals surface area (Å²) in [6.07, 6.45) is 5.67. The first-order valence-electron chi connectivity index (χ1n) is 15.4. The van der Waals surface area contributed by atoms with E-state index in [1.165, 1.54) is 0 Å². The summed E-state index contributed by atoms with van der Waals surface area (Å²) in [6.45, 7) is 0. The van der Waals surface area contributed by atoms with Gasteiger partial charge in [0.25, 0.3) is 0 Å². The third-order valence-electron chi connectivity index (χ3n) is 8.69. The van der Waals surface area contributed by atoms with E-state index < -0.39 is 0 Å². The molecule has 0 aliphatic rings. The van der Waals surface area contributed by atoms with E-state index in [0.29, 0.717) is 0 Å². The topological polar surface area (TPSA) is 46.8 Å². The van der Waals surface area contributed by atoms with Crippen molar-refractivity contribution in [3.05, 3.63) is 164 Å². The largest absolute Gasteiger partial charge is 0.310 e. The summed E-state index contributed by atoms with van der Waals surface area (Å²) in [7, 11) is 0. The highest BCUT2D eigenvalue weighted by atomic mass is 15.1. The fourth-order valence-electron chi connectivity index (χ4n) is 6.54. The number of aromatic nitrogens is 4. The van der Waals surface area contributed by atoms with Crippen molar-refractivity contribution in [2.75, 3.05) is 4.90 Å². The van der Waals surface area contributed by atoms with Gasteiger partial charge >= 0.3 is 0 Å². The van der Waals surface area contributed by atoms with Gasteiger partial charge in [-0.3, -0.25) is 9.97 Å². The predicted molar refractivity (Wildman–Crippen MR) is 189 cm³/mol. The van der Waals surface area contributed by atoms with Crippen LogP contribution in [0.5, 0.6) is 0 Å². The summed E-state index contributed by atoms with van der Waals surface area (Å²) >= 11 is 0. The fraction of sp³-hybridized carbons (Fsp3) is 0. The Bertz CT molecular complexity index is 2480. The Kier molecular flexibility index (Phi) is 6.06. The average molecular weight is 590 g/mol. The van der Waals surface area contributed by atoms with Crippen molar-refractivity contribution in [1.29, 1.82) is 0 Å². The Morgan fingerprint density at radius 3 is 1.96 bits per heavy atom. The molecule has 5 nitrogen and oxygen atoms in total. The van der Waals surface area contributed by atoms with Gasteiger partial charge in [-0.1, -0.05) is 72.8 Å². The third kappa shape index (κ3) is 4.29. The van der Waals surface area contributed by atoms with Crippen LogP contribution in [0.1, 0.15) is 0 Å². The van der Waals surface area contributed by atoms with Crippen molar-refractivity contribution >= 4 is 60.7 Å². The molecule has 46 heavy (non-hydrogen) atoms. The zero-order valence-corrected chi connectivity index (χ0v) is 24.8. The number of para-hydroxylation sites is 2. The predicted octanol–water partition coefficient (Wildman–Crippen LogP) is 10.4. The van der Waals surface area contributed by atoms with Crippen LogP contribution in [0.3, 0.4) is 0 Å². The Hall–Kier alpha value is -6.33. The van der Waals surface area contributed by atoms with E-state index in [-0.39, 0.29) is 0 Å². The number of pyridine rings is 3. The number of rotatable bonds is 5. The number of hydrogen-bond donors (Lipinski definition) is 0. The molecule has 0 spiro atoms. The smallest absolute Gasteiger partial charge is 0.0972 e. The van der Waals surface area contributed by atoms with Crippen LogP contribution in [0.15, 0.2) is 164 Å². The summed E-state index contributed by atoms with van der Waals surface area (Å²) in [5, 5.41) is 4.44. The molecule has 216 valence electrons. The van der Waals surface area contributed by atoms with Crippen molar-refractivity contribution in [3.8, 4) is 16.9 Å². The quantitative estimate of drug-likeness (QED) is 0.187. The molecule has 0 N–H and O–H groups in total. The second-order valence-electron chi connectivity index (χ2n) is 11.4. The Morgan fingerprint density at radius 1 is 0.500 bits per heavy atom. The first-order valence-corrected chi connectivity index (χ1v) is 15.4. The summed E-state index contributed by atoms with van der Waals surface area (Å²) < 4.78 is 2.32. The number of fused-ring (bicyclic) bond motifs is 6. The Labute approximate surface area is 265 Å². The lowest BCUT2D eigenvalue weighted by molar-refractivity contribution is 1.17. The van der Waals surface area contributed by atoms with E-state index in [4.69, 9.17) is 4.98 Å². The molecule has 0 unspecified atom stereocenters. The van der Waals surface area contributed by atoms with Gasteiger partial charge in [-0.2, -0.15) is 0 Å². The van der Waals surface area contributed by atoms with E-state index in [1.807, 2.05) is 24.7 Å². The number of benzene rings is 5. The molecule has 0 radical (unpaired) electrons. The summed E-state index contributed by atoms with van der Waals surface area (Å²) in [5.74, 6) is 0. The zero-order valence-electron chi connectivity index (χ0n) is 24.8. The SMILES string of the molecule is c1ccc(N(c2ccccc2)c2ccc3c(c2)c2cnccc2n3-c2ccc(-c3ccc4ccc5cccnc5c4n3)cc2)cc1. The minimum absolute atomic E-state index is 0.922. The molecular weight excluding hydrogens is 562 g/mol. The van der Waals surface area contributed by atoms with E-state index in [0.717, 1.165) is 77.6 Å². The Balaban J connectivity index is 1.16. The molecule has 4 aromatic heterocycles. The average Bonchev–Trinajstić information content (AvgIpc) is 3.46. The van der Waals surface area contributed by atoms with Gasteiger partial charge in [0.05, 0.1) is 27.8 Å². The number of nitrogens with zero attached hydrogens (tertiary/aromatic N) is 5. The molecule has 0 aliphatic heterocycles. The molecule has 4 heterocycles. The summed E-state index contributed by atoms with van der Waals surface area (Å²) in [4.78, 5) is 16.5. The first kappa shape index (κ1) is 26.1. The lowest BCUT2D eigenvalue weighted by Gasteiger charge is -2.25. The van der Waals surface area contributed by atoms with Crippen LogP contribution in [0, 0.1) is 0 Å². The van der Waals surface area contributed by atoms with Gasteiger partial charge in [0.1, 0.15) is 0 Å². The molecule has 9 rings (SSSR count). The van der Waals surface area contributed by atoms with Gasteiger partial charge < -0.3 is 9.47 Å². The first-order chi connectivity index (χ1) is 22.8. The van der Waals surface area contributed by atoms with Crippen LogP contribution in [-0.2, 0) is 0 Å². The molecular formula is C41H27N5. The molecule has 5 heteroatoms. The highest BCUT2D eigenvalue weighted by Gasteiger charge is 2.17. The van der Waals surface area contributed by atoms with Crippen LogP contribution in [0.4, 0.5) is 17.1 Å². The van der Waals surface area contributed by atoms with Gasteiger partial charge in [-0.05, 0) is 72.8 Å². The highest BCUT2D eigenvalue weighted by Crippen LogP contribution is 2.39. The molecule has 0 fully saturated rings. The highest BCUT2D eigenvalue weighted by molar-refractivity contribution is 6.10. The van der Waals surface area contributed by atoms with Crippen molar-refractivity contribution in [2.24, 2.45) is 0 Å². The lowest BCUT2D eigenvalue weighted by Crippen LogP contribution is -2.09. The standard InChI is InChI=1S/C41H27N5/c1-3-9-31(10-4-1)45(32-11-5-2-6-12-32)34-20-22-38-35(26-34)36-27-42-25-23-39(36)46(38)33-18-15-28(16-19-33)37-21-17-30-14-13-29-8-7-24-43-40(29)41(30)44-37/h1-27H. The molecule has 0 amide bonds. The van der Waals surface area contributed by atoms with Gasteiger partial charge in [-0.15, -0.1) is 0 Å². The van der Waals surface area contributed by atoms with E-state index >= 15 is 0 Å². The maximum atomic E-state index is 5.06. The van der Waals surface area contributed by atoms with Crippen molar-refractivity contribution in [1.82, 2.24) is 19.5 Å². The van der Waals surface area contributed by atoms with Crippen LogP contribution in [0.2, 0.25) is 0 Å². The minimum atomic E-state index is 0.922. The van der Waals surface area contributed by atoms with Gasteiger partial charge in [0.2, 0.25) is 0 Å². The molecule has 0 saturated heterocycles. The fourth-order valence-corrected chi connectivity index (χ4v) is 6.54. The van der Waals surface area contributed by atoms with Crippen molar-refractivity contribution < 1.29 is 0 Å². The molecule has 0 aliphatic carbocycles. The number of hydrogen-bond acceptors (Lipinski definition) is 4. The summed E-state index contributed by atoms with van der Waals surface area (Å²) in [5.41, 5.74) is 10.5. The van der Waals surface area contributed by atoms with Crippen LogP contribution < -0.4 is 4.90 Å². The lowest BCUT2D eigenvalue weighted by atomic mass is 10.1. The normalized spacial score (nSPS) is 11.5. The van der Waals surface area contributed by atoms with Crippen molar-refractivity contribution in [2.45, 2.75) is 0 Å². The molecule has 9 aromatic rings. The number of anilines is 3. The monoisotopic (exact) mass is 589 g/mol. The maximum absolute atomic E-state index is 5.06. The third-order valence-corrected chi connectivity index (χ3v) is 8.69. The van der Waals surface area contributed by atoms with Crippen LogP contribution in [-0.4, -0.2) is 19.5 Å². The molecule has 0 bridgehead atoms. The Morgan fingerprint density at radius 2 is 1.20 bits per heavy atom. The van der Waals surface area contributed by atoms with E-state index in [2.05, 4.69) is 159 Å². The molecule has 0 atom stereocenters. The zero-order chi connectivity index (χ0) is 30.5. The van der Waals surface area contributed by atoms with Crippen LogP contribution in [0.25, 0.3) is 60.6 Å². The molecule has 5 aromatic carbocycles. The second-order valence-corrected chi connectivity index (χ2v) is 11.4. The summed E-state index contributed by atoms with van der Waals surface area (Å²) in [6, 6.07) is 50.9. The maximum Gasteiger partial charge on any atom is 0.0972 e. The second kappa shape index (κ2) is 10.7.